The molecule has 0 radical (unpaired) electrons. The predicted molar refractivity (Wildman–Crippen MR) is 49.6 cm³/mol. The molecular formula is C9H9FN2O. The minimum atomic E-state index is -0.503. The molecule has 0 fully saturated rings. The minimum absolute atomic E-state index is 0.00172. The highest BCUT2D eigenvalue weighted by Crippen LogP contribution is 2.15. The van der Waals surface area contributed by atoms with Crippen LogP contribution in [0.5, 0.6) is 0 Å². The van der Waals surface area contributed by atoms with Gasteiger partial charge in [-0.1, -0.05) is 6.58 Å². The standard InChI is InChI=1S/C9H9FN2O/c1-2-9(13)12-6-3-4-7(10)8(11)5-6/h2-5H,1,11H2,(H,12,13). The maximum Gasteiger partial charge on any atom is 0.247 e. The number of halogens is 1. The Morgan fingerprint density at radius 2 is 2.31 bits per heavy atom. The van der Waals surface area contributed by atoms with Gasteiger partial charge in [-0.05, 0) is 24.3 Å². The second-order valence-electron chi connectivity index (χ2n) is 2.43. The Morgan fingerprint density at radius 1 is 1.62 bits per heavy atom. The van der Waals surface area contributed by atoms with E-state index in [2.05, 4.69) is 11.9 Å². The summed E-state index contributed by atoms with van der Waals surface area (Å²) < 4.78 is 12.7. The molecule has 3 nitrogen and oxygen atoms in total. The third kappa shape index (κ3) is 2.30. The van der Waals surface area contributed by atoms with Crippen LogP contribution in [0, 0.1) is 5.82 Å². The van der Waals surface area contributed by atoms with Crippen molar-refractivity contribution < 1.29 is 9.18 Å². The zero-order valence-electron chi connectivity index (χ0n) is 6.88. The van der Waals surface area contributed by atoms with Gasteiger partial charge in [0.2, 0.25) is 5.91 Å². The summed E-state index contributed by atoms with van der Waals surface area (Å²) in [7, 11) is 0. The fraction of sp³-hybridized carbons (Fsp3) is 0. The molecule has 1 rings (SSSR count). The van der Waals surface area contributed by atoms with Gasteiger partial charge in [-0.2, -0.15) is 0 Å². The van der Waals surface area contributed by atoms with Gasteiger partial charge in [0.1, 0.15) is 5.82 Å². The quantitative estimate of drug-likeness (QED) is 0.535. The zero-order chi connectivity index (χ0) is 9.84. The van der Waals surface area contributed by atoms with Crippen LogP contribution in [0.3, 0.4) is 0 Å². The van der Waals surface area contributed by atoms with Crippen LogP contribution in [0.1, 0.15) is 0 Å². The van der Waals surface area contributed by atoms with Gasteiger partial charge in [-0.25, -0.2) is 4.39 Å². The van der Waals surface area contributed by atoms with Crippen LogP contribution in [0.2, 0.25) is 0 Å². The van der Waals surface area contributed by atoms with Gasteiger partial charge >= 0.3 is 0 Å². The van der Waals surface area contributed by atoms with Crippen molar-refractivity contribution in [3.05, 3.63) is 36.7 Å². The topological polar surface area (TPSA) is 55.1 Å². The molecule has 68 valence electrons. The first-order chi connectivity index (χ1) is 6.13. The fourth-order valence-electron chi connectivity index (χ4n) is 0.815. The highest BCUT2D eigenvalue weighted by Gasteiger charge is 2.00. The normalized spacial score (nSPS) is 9.31. The first kappa shape index (κ1) is 9.25. The first-order valence-corrected chi connectivity index (χ1v) is 3.62. The molecule has 4 heteroatoms. The Balaban J connectivity index is 2.85. The van der Waals surface area contributed by atoms with E-state index in [1.165, 1.54) is 18.2 Å². The number of nitrogens with one attached hydrogen (secondary N) is 1. The third-order valence-electron chi connectivity index (χ3n) is 1.45. The van der Waals surface area contributed by atoms with Crippen LogP contribution in [0.15, 0.2) is 30.9 Å². The number of amides is 1. The van der Waals surface area contributed by atoms with E-state index in [9.17, 15) is 9.18 Å². The summed E-state index contributed by atoms with van der Waals surface area (Å²) in [6.07, 6.45) is 1.12. The third-order valence-corrected chi connectivity index (χ3v) is 1.45. The molecule has 0 aliphatic carbocycles. The van der Waals surface area contributed by atoms with E-state index in [1.807, 2.05) is 0 Å². The van der Waals surface area contributed by atoms with Gasteiger partial charge in [-0.15, -0.1) is 0 Å². The van der Waals surface area contributed by atoms with Gasteiger partial charge in [0.15, 0.2) is 0 Å². The molecule has 0 spiro atoms. The van der Waals surface area contributed by atoms with Crippen LogP contribution >= 0.6 is 0 Å². The van der Waals surface area contributed by atoms with E-state index in [0.717, 1.165) is 6.08 Å². The van der Waals surface area contributed by atoms with Crippen molar-refractivity contribution in [1.82, 2.24) is 0 Å². The summed E-state index contributed by atoms with van der Waals surface area (Å²) in [6.45, 7) is 3.28. The Morgan fingerprint density at radius 3 is 2.85 bits per heavy atom. The lowest BCUT2D eigenvalue weighted by Gasteiger charge is -2.03. The molecule has 0 aliphatic rings. The van der Waals surface area contributed by atoms with E-state index < -0.39 is 5.82 Å². The highest BCUT2D eigenvalue weighted by molar-refractivity contribution is 5.99. The lowest BCUT2D eigenvalue weighted by Crippen LogP contribution is -2.07. The van der Waals surface area contributed by atoms with Crippen LogP contribution in [-0.2, 0) is 4.79 Å². The van der Waals surface area contributed by atoms with Crippen molar-refractivity contribution in [2.45, 2.75) is 0 Å². The summed E-state index contributed by atoms with van der Waals surface area (Å²) in [5.74, 6) is -0.859. The average Bonchev–Trinajstić information content (AvgIpc) is 2.11. The Kier molecular flexibility index (Phi) is 2.64. The summed E-state index contributed by atoms with van der Waals surface area (Å²) in [4.78, 5) is 10.8. The number of carbonyl (C=O) groups is 1. The molecular weight excluding hydrogens is 171 g/mol. The van der Waals surface area contributed by atoms with Gasteiger partial charge in [0.05, 0.1) is 5.69 Å². The van der Waals surface area contributed by atoms with Crippen molar-refractivity contribution >= 4 is 17.3 Å². The molecule has 0 unspecified atom stereocenters. The molecule has 0 heterocycles. The predicted octanol–water partition coefficient (Wildman–Crippen LogP) is 1.53. The first-order valence-electron chi connectivity index (χ1n) is 3.62. The van der Waals surface area contributed by atoms with Crippen molar-refractivity contribution in [2.24, 2.45) is 0 Å². The molecule has 3 N–H and O–H groups in total. The number of carbonyl (C=O) groups excluding carboxylic acids is 1. The number of hydrogen-bond acceptors (Lipinski definition) is 2. The van der Waals surface area contributed by atoms with E-state index >= 15 is 0 Å². The Hall–Kier alpha value is -1.84. The molecule has 0 atom stereocenters. The number of nitrogens with two attached hydrogens (primary N) is 1. The van der Waals surface area contributed by atoms with Crippen molar-refractivity contribution in [3.8, 4) is 0 Å². The van der Waals surface area contributed by atoms with E-state index in [0.29, 0.717) is 5.69 Å². The maximum absolute atomic E-state index is 12.7. The Labute approximate surface area is 75.1 Å². The number of hydrogen-bond donors (Lipinski definition) is 2. The zero-order valence-corrected chi connectivity index (χ0v) is 6.88. The molecule has 0 bridgehead atoms. The molecule has 13 heavy (non-hydrogen) atoms. The number of rotatable bonds is 2. The SMILES string of the molecule is C=CC(=O)Nc1ccc(F)c(N)c1. The fourth-order valence-corrected chi connectivity index (χ4v) is 0.815. The van der Waals surface area contributed by atoms with E-state index in [1.54, 1.807) is 0 Å². The molecule has 0 aliphatic heterocycles. The summed E-state index contributed by atoms with van der Waals surface area (Å²) >= 11 is 0. The summed E-state index contributed by atoms with van der Waals surface area (Å²) in [5, 5.41) is 2.46. The van der Waals surface area contributed by atoms with Gasteiger partial charge in [-0.3, -0.25) is 4.79 Å². The average molecular weight is 180 g/mol. The second-order valence-corrected chi connectivity index (χ2v) is 2.43. The molecule has 0 aromatic heterocycles. The lowest BCUT2D eigenvalue weighted by atomic mass is 10.2. The van der Waals surface area contributed by atoms with Gasteiger partial charge in [0, 0.05) is 5.69 Å². The molecule has 1 aromatic rings. The summed E-state index contributed by atoms with van der Waals surface area (Å²) in [6, 6.07) is 3.96. The smallest absolute Gasteiger partial charge is 0.247 e. The van der Waals surface area contributed by atoms with Crippen molar-refractivity contribution in [1.29, 1.82) is 0 Å². The number of anilines is 2. The molecule has 1 aromatic carbocycles. The number of nitrogen functional groups attached to an aromatic ring is 1. The number of benzene rings is 1. The van der Waals surface area contributed by atoms with Gasteiger partial charge in [0.25, 0.3) is 0 Å². The largest absolute Gasteiger partial charge is 0.396 e. The van der Waals surface area contributed by atoms with E-state index in [4.69, 9.17) is 5.73 Å². The minimum Gasteiger partial charge on any atom is -0.396 e. The van der Waals surface area contributed by atoms with Crippen molar-refractivity contribution in [2.75, 3.05) is 11.1 Å². The van der Waals surface area contributed by atoms with Crippen LogP contribution in [0.4, 0.5) is 15.8 Å². The van der Waals surface area contributed by atoms with Crippen LogP contribution in [0.25, 0.3) is 0 Å². The van der Waals surface area contributed by atoms with Crippen LogP contribution < -0.4 is 11.1 Å². The Bertz CT molecular complexity index is 349. The maximum atomic E-state index is 12.7. The lowest BCUT2D eigenvalue weighted by molar-refractivity contribution is -0.111. The van der Waals surface area contributed by atoms with Crippen molar-refractivity contribution in [3.63, 3.8) is 0 Å². The molecule has 0 saturated heterocycles. The molecule has 0 saturated carbocycles. The van der Waals surface area contributed by atoms with Gasteiger partial charge < -0.3 is 11.1 Å². The van der Waals surface area contributed by atoms with Crippen LogP contribution in [-0.4, -0.2) is 5.91 Å². The highest BCUT2D eigenvalue weighted by atomic mass is 19.1. The monoisotopic (exact) mass is 180 g/mol. The second kappa shape index (κ2) is 3.71. The molecule has 1 amide bonds. The van der Waals surface area contributed by atoms with E-state index in [-0.39, 0.29) is 11.6 Å². The summed E-state index contributed by atoms with van der Waals surface area (Å²) in [5.41, 5.74) is 5.74.